The molecule has 0 unspecified atom stereocenters. The summed E-state index contributed by atoms with van der Waals surface area (Å²) >= 11 is 5.65. The lowest BCUT2D eigenvalue weighted by atomic mass is 10.1. The van der Waals surface area contributed by atoms with Gasteiger partial charge in [0.2, 0.25) is 17.2 Å². The topological polar surface area (TPSA) is 86.0 Å². The van der Waals surface area contributed by atoms with Gasteiger partial charge in [-0.15, -0.1) is 0 Å². The fraction of sp³-hybridized carbons (Fsp3) is 0.667. The van der Waals surface area contributed by atoms with Crippen LogP contribution in [0.4, 0.5) is 11.9 Å². The van der Waals surface area contributed by atoms with E-state index in [0.29, 0.717) is 19.1 Å². The molecule has 0 aromatic carbocycles. The van der Waals surface area contributed by atoms with Crippen molar-refractivity contribution in [2.45, 2.75) is 26.4 Å². The standard InChI is InChI=1S/C9H16ClN5O/c1-4-16-9(2,3)5-12-8-14-6(10)13-7(11)15-8/h4-5H2,1-3H3,(H3,11,12,13,14,15). The van der Waals surface area contributed by atoms with E-state index in [-0.39, 0.29) is 16.8 Å². The number of nitrogens with zero attached hydrogens (tertiary/aromatic N) is 3. The summed E-state index contributed by atoms with van der Waals surface area (Å²) in [7, 11) is 0. The summed E-state index contributed by atoms with van der Waals surface area (Å²) < 4.78 is 5.51. The number of aromatic nitrogens is 3. The van der Waals surface area contributed by atoms with E-state index >= 15 is 0 Å². The number of ether oxygens (including phenoxy) is 1. The third kappa shape index (κ3) is 4.16. The summed E-state index contributed by atoms with van der Waals surface area (Å²) in [6, 6.07) is 0. The van der Waals surface area contributed by atoms with Crippen LogP contribution in [0.1, 0.15) is 20.8 Å². The van der Waals surface area contributed by atoms with Crippen molar-refractivity contribution in [1.82, 2.24) is 15.0 Å². The molecule has 1 heterocycles. The van der Waals surface area contributed by atoms with Gasteiger partial charge in [-0.2, -0.15) is 15.0 Å². The normalized spacial score (nSPS) is 11.5. The number of hydrogen-bond donors (Lipinski definition) is 2. The zero-order valence-electron chi connectivity index (χ0n) is 9.62. The van der Waals surface area contributed by atoms with Crippen molar-refractivity contribution < 1.29 is 4.74 Å². The van der Waals surface area contributed by atoms with Crippen molar-refractivity contribution in [3.63, 3.8) is 0 Å². The second-order valence-corrected chi connectivity index (χ2v) is 4.17. The molecular weight excluding hydrogens is 230 g/mol. The van der Waals surface area contributed by atoms with Crippen LogP contribution in [0.25, 0.3) is 0 Å². The zero-order chi connectivity index (χ0) is 12.2. The third-order valence-corrected chi connectivity index (χ3v) is 2.00. The van der Waals surface area contributed by atoms with E-state index in [4.69, 9.17) is 22.1 Å². The van der Waals surface area contributed by atoms with Crippen LogP contribution in [0.5, 0.6) is 0 Å². The summed E-state index contributed by atoms with van der Waals surface area (Å²) in [5, 5.41) is 3.07. The van der Waals surface area contributed by atoms with E-state index in [1.807, 2.05) is 20.8 Å². The fourth-order valence-electron chi connectivity index (χ4n) is 1.18. The first-order chi connectivity index (χ1) is 7.43. The molecule has 7 heteroatoms. The summed E-state index contributed by atoms with van der Waals surface area (Å²) in [4.78, 5) is 11.5. The van der Waals surface area contributed by atoms with Gasteiger partial charge in [-0.05, 0) is 32.4 Å². The maximum atomic E-state index is 5.65. The van der Waals surface area contributed by atoms with Gasteiger partial charge in [-0.3, -0.25) is 0 Å². The third-order valence-electron chi connectivity index (χ3n) is 1.83. The molecule has 1 rings (SSSR count). The Hall–Kier alpha value is -1.14. The quantitative estimate of drug-likeness (QED) is 0.814. The maximum absolute atomic E-state index is 5.65. The molecular formula is C9H16ClN5O. The Bertz CT molecular complexity index is 338. The Kier molecular flexibility index (Phi) is 4.26. The first kappa shape index (κ1) is 12.9. The van der Waals surface area contributed by atoms with E-state index in [9.17, 15) is 0 Å². The minimum absolute atomic E-state index is 0.0733. The second kappa shape index (κ2) is 5.27. The molecule has 3 N–H and O–H groups in total. The van der Waals surface area contributed by atoms with Gasteiger partial charge >= 0.3 is 0 Å². The van der Waals surface area contributed by atoms with Crippen LogP contribution >= 0.6 is 11.6 Å². The molecule has 0 fully saturated rings. The fourth-order valence-corrected chi connectivity index (χ4v) is 1.34. The van der Waals surface area contributed by atoms with Crippen LogP contribution < -0.4 is 11.1 Å². The van der Waals surface area contributed by atoms with Gasteiger partial charge in [-0.1, -0.05) is 0 Å². The van der Waals surface area contributed by atoms with E-state index in [1.54, 1.807) is 0 Å². The number of rotatable bonds is 5. The van der Waals surface area contributed by atoms with E-state index < -0.39 is 0 Å². The lowest BCUT2D eigenvalue weighted by Gasteiger charge is -2.24. The molecule has 0 saturated carbocycles. The van der Waals surface area contributed by atoms with Gasteiger partial charge in [-0.25, -0.2) is 0 Å². The Morgan fingerprint density at radius 3 is 2.62 bits per heavy atom. The predicted octanol–water partition coefficient (Wildman–Crippen LogP) is 1.33. The van der Waals surface area contributed by atoms with Gasteiger partial charge in [0.05, 0.1) is 5.60 Å². The summed E-state index contributed by atoms with van der Waals surface area (Å²) in [6.07, 6.45) is 0. The van der Waals surface area contributed by atoms with Crippen LogP contribution in [0.3, 0.4) is 0 Å². The first-order valence-electron chi connectivity index (χ1n) is 4.98. The first-order valence-corrected chi connectivity index (χ1v) is 5.35. The Morgan fingerprint density at radius 1 is 1.38 bits per heavy atom. The zero-order valence-corrected chi connectivity index (χ0v) is 10.4. The highest BCUT2D eigenvalue weighted by Gasteiger charge is 2.17. The molecule has 6 nitrogen and oxygen atoms in total. The molecule has 0 bridgehead atoms. The molecule has 0 aliphatic heterocycles. The van der Waals surface area contributed by atoms with Gasteiger partial charge in [0.25, 0.3) is 0 Å². The molecule has 0 radical (unpaired) electrons. The van der Waals surface area contributed by atoms with Crippen LogP contribution in [0.2, 0.25) is 5.28 Å². The minimum Gasteiger partial charge on any atom is -0.374 e. The molecule has 90 valence electrons. The van der Waals surface area contributed by atoms with Crippen molar-refractivity contribution in [1.29, 1.82) is 0 Å². The smallest absolute Gasteiger partial charge is 0.228 e. The molecule has 0 aliphatic carbocycles. The van der Waals surface area contributed by atoms with Crippen molar-refractivity contribution in [2.75, 3.05) is 24.2 Å². The molecule has 0 aliphatic rings. The van der Waals surface area contributed by atoms with Crippen molar-refractivity contribution in [3.05, 3.63) is 5.28 Å². The molecule has 0 atom stereocenters. The van der Waals surface area contributed by atoms with Gasteiger partial charge in [0, 0.05) is 13.2 Å². The highest BCUT2D eigenvalue weighted by Crippen LogP contribution is 2.11. The summed E-state index contributed by atoms with van der Waals surface area (Å²) in [6.45, 7) is 7.08. The van der Waals surface area contributed by atoms with Gasteiger partial charge in [0.1, 0.15) is 0 Å². The number of hydrogen-bond acceptors (Lipinski definition) is 6. The minimum atomic E-state index is -0.303. The molecule has 1 aromatic rings. The number of nitrogens with one attached hydrogen (secondary N) is 1. The Balaban J connectivity index is 2.60. The molecule has 0 saturated heterocycles. The van der Waals surface area contributed by atoms with Crippen molar-refractivity contribution in [3.8, 4) is 0 Å². The van der Waals surface area contributed by atoms with Crippen LogP contribution in [0, 0.1) is 0 Å². The monoisotopic (exact) mass is 245 g/mol. The second-order valence-electron chi connectivity index (χ2n) is 3.83. The highest BCUT2D eigenvalue weighted by molar-refractivity contribution is 6.28. The van der Waals surface area contributed by atoms with Crippen LogP contribution in [-0.2, 0) is 4.74 Å². The summed E-state index contributed by atoms with van der Waals surface area (Å²) in [5.74, 6) is 0.446. The average Bonchev–Trinajstić information content (AvgIpc) is 2.13. The molecule has 0 amide bonds. The number of nitrogens with two attached hydrogens (primary N) is 1. The predicted molar refractivity (Wildman–Crippen MR) is 63.4 cm³/mol. The highest BCUT2D eigenvalue weighted by atomic mass is 35.5. The Morgan fingerprint density at radius 2 is 2.06 bits per heavy atom. The number of halogens is 1. The lowest BCUT2D eigenvalue weighted by molar-refractivity contribution is 0.000580. The van der Waals surface area contributed by atoms with Gasteiger partial charge < -0.3 is 15.8 Å². The average molecular weight is 246 g/mol. The van der Waals surface area contributed by atoms with E-state index in [2.05, 4.69) is 20.3 Å². The number of anilines is 2. The lowest BCUT2D eigenvalue weighted by Crippen LogP contribution is -2.33. The largest absolute Gasteiger partial charge is 0.374 e. The van der Waals surface area contributed by atoms with E-state index in [1.165, 1.54) is 0 Å². The Labute approximate surface area is 99.6 Å². The maximum Gasteiger partial charge on any atom is 0.228 e. The molecule has 16 heavy (non-hydrogen) atoms. The molecule has 0 spiro atoms. The van der Waals surface area contributed by atoms with E-state index in [0.717, 1.165) is 0 Å². The van der Waals surface area contributed by atoms with Crippen molar-refractivity contribution in [2.24, 2.45) is 0 Å². The molecule has 1 aromatic heterocycles. The van der Waals surface area contributed by atoms with Crippen molar-refractivity contribution >= 4 is 23.5 Å². The summed E-state index contributed by atoms with van der Waals surface area (Å²) in [5.41, 5.74) is 5.14. The SMILES string of the molecule is CCOC(C)(C)CNc1nc(N)nc(Cl)n1. The van der Waals surface area contributed by atoms with Crippen LogP contribution in [0.15, 0.2) is 0 Å². The van der Waals surface area contributed by atoms with Gasteiger partial charge in [0.15, 0.2) is 0 Å². The number of nitrogen functional groups attached to an aromatic ring is 1. The van der Waals surface area contributed by atoms with Crippen LogP contribution in [-0.4, -0.2) is 33.7 Å².